The molecule has 1 aromatic rings. The Bertz CT molecular complexity index is 470. The van der Waals surface area contributed by atoms with E-state index in [0.717, 1.165) is 24.1 Å². The molecule has 0 radical (unpaired) electrons. The maximum absolute atomic E-state index is 12.2. The van der Waals surface area contributed by atoms with E-state index in [1.807, 2.05) is 36.4 Å². The van der Waals surface area contributed by atoms with Crippen molar-refractivity contribution in [3.05, 3.63) is 35.9 Å². The topological polar surface area (TPSA) is 38.8 Å². The van der Waals surface area contributed by atoms with Gasteiger partial charge in [0.15, 0.2) is 6.23 Å². The molecule has 2 rings (SSSR count). The largest absolute Gasteiger partial charge is 0.449 e. The summed E-state index contributed by atoms with van der Waals surface area (Å²) in [5.41, 5.74) is 1.81. The fourth-order valence-corrected chi connectivity index (χ4v) is 2.02. The van der Waals surface area contributed by atoms with E-state index >= 15 is 0 Å². The van der Waals surface area contributed by atoms with E-state index in [1.54, 1.807) is 12.0 Å². The number of unbranched alkanes of at least 4 members (excludes halogenated alkanes) is 1. The SMILES string of the molecule is CCCCOC(=O)N1c2ccccc2C=C[C@H]1OC. The van der Waals surface area contributed by atoms with E-state index in [4.69, 9.17) is 9.47 Å². The fourth-order valence-electron chi connectivity index (χ4n) is 2.02. The minimum atomic E-state index is -0.413. The first-order valence-electron chi connectivity index (χ1n) is 6.54. The first-order chi connectivity index (χ1) is 9.27. The lowest BCUT2D eigenvalue weighted by Gasteiger charge is -2.31. The minimum Gasteiger partial charge on any atom is -0.449 e. The van der Waals surface area contributed by atoms with E-state index in [1.165, 1.54) is 0 Å². The van der Waals surface area contributed by atoms with Gasteiger partial charge in [0.25, 0.3) is 0 Å². The molecule has 0 aliphatic carbocycles. The molecule has 1 aliphatic heterocycles. The summed E-state index contributed by atoms with van der Waals surface area (Å²) in [7, 11) is 1.58. The predicted octanol–water partition coefficient (Wildman–Crippen LogP) is 3.43. The number of hydrogen-bond acceptors (Lipinski definition) is 3. The number of benzene rings is 1. The van der Waals surface area contributed by atoms with Gasteiger partial charge in [0.05, 0.1) is 12.3 Å². The van der Waals surface area contributed by atoms with Gasteiger partial charge in [-0.3, -0.25) is 0 Å². The molecule has 0 bridgehead atoms. The Morgan fingerprint density at radius 3 is 2.89 bits per heavy atom. The van der Waals surface area contributed by atoms with Crippen molar-refractivity contribution in [3.63, 3.8) is 0 Å². The molecule has 0 saturated heterocycles. The Kier molecular flexibility index (Phi) is 4.58. The molecule has 0 N–H and O–H groups in total. The van der Waals surface area contributed by atoms with Gasteiger partial charge >= 0.3 is 6.09 Å². The molecule has 0 unspecified atom stereocenters. The summed E-state index contributed by atoms with van der Waals surface area (Å²) in [6, 6.07) is 7.70. The normalized spacial score (nSPS) is 17.2. The van der Waals surface area contributed by atoms with Gasteiger partial charge in [-0.25, -0.2) is 9.69 Å². The highest BCUT2D eigenvalue weighted by Crippen LogP contribution is 2.29. The summed E-state index contributed by atoms with van der Waals surface area (Å²) >= 11 is 0. The number of methoxy groups -OCH3 is 1. The lowest BCUT2D eigenvalue weighted by molar-refractivity contribution is 0.109. The number of fused-ring (bicyclic) bond motifs is 1. The van der Waals surface area contributed by atoms with Crippen molar-refractivity contribution >= 4 is 17.9 Å². The standard InChI is InChI=1S/C15H19NO3/c1-3-4-11-19-15(17)16-13-8-6-5-7-12(13)9-10-14(16)18-2/h5-10,14H,3-4,11H2,1-2H3/t14-/m1/s1. The lowest BCUT2D eigenvalue weighted by Crippen LogP contribution is -2.42. The molecule has 1 amide bonds. The zero-order valence-electron chi connectivity index (χ0n) is 11.3. The molecule has 4 heteroatoms. The van der Waals surface area contributed by atoms with E-state index in [-0.39, 0.29) is 6.09 Å². The number of ether oxygens (including phenoxy) is 2. The molecule has 1 aromatic carbocycles. The van der Waals surface area contributed by atoms with Crippen LogP contribution in [-0.2, 0) is 9.47 Å². The van der Waals surface area contributed by atoms with Gasteiger partial charge in [0.2, 0.25) is 0 Å². The predicted molar refractivity (Wildman–Crippen MR) is 75.0 cm³/mol. The quantitative estimate of drug-likeness (QED) is 0.779. The molecular weight excluding hydrogens is 242 g/mol. The van der Waals surface area contributed by atoms with E-state index in [0.29, 0.717) is 6.61 Å². The highest BCUT2D eigenvalue weighted by molar-refractivity contribution is 5.93. The third kappa shape index (κ3) is 2.96. The van der Waals surface area contributed by atoms with Crippen LogP contribution in [0, 0.1) is 0 Å². The van der Waals surface area contributed by atoms with Crippen LogP contribution in [0.3, 0.4) is 0 Å². The summed E-state index contributed by atoms with van der Waals surface area (Å²) in [5.74, 6) is 0. The maximum atomic E-state index is 12.2. The number of amides is 1. The van der Waals surface area contributed by atoms with Gasteiger partial charge in [-0.1, -0.05) is 37.6 Å². The van der Waals surface area contributed by atoms with Crippen molar-refractivity contribution in [1.29, 1.82) is 0 Å². The van der Waals surface area contributed by atoms with Crippen LogP contribution in [0.4, 0.5) is 10.5 Å². The van der Waals surface area contributed by atoms with Crippen LogP contribution >= 0.6 is 0 Å². The van der Waals surface area contributed by atoms with Gasteiger partial charge in [0, 0.05) is 7.11 Å². The number of carbonyl (C=O) groups excluding carboxylic acids is 1. The lowest BCUT2D eigenvalue weighted by atomic mass is 10.1. The van der Waals surface area contributed by atoms with E-state index < -0.39 is 6.23 Å². The average molecular weight is 261 g/mol. The van der Waals surface area contributed by atoms with Crippen molar-refractivity contribution in [1.82, 2.24) is 0 Å². The van der Waals surface area contributed by atoms with Gasteiger partial charge in [-0.15, -0.1) is 0 Å². The Balaban J connectivity index is 2.20. The van der Waals surface area contributed by atoms with Crippen molar-refractivity contribution in [3.8, 4) is 0 Å². The number of hydrogen-bond donors (Lipinski definition) is 0. The first kappa shape index (κ1) is 13.6. The molecule has 0 saturated carbocycles. The van der Waals surface area contributed by atoms with Crippen LogP contribution in [-0.4, -0.2) is 26.0 Å². The van der Waals surface area contributed by atoms with Crippen LogP contribution in [0.2, 0.25) is 0 Å². The fraction of sp³-hybridized carbons (Fsp3) is 0.400. The molecule has 0 fully saturated rings. The van der Waals surface area contributed by atoms with Gasteiger partial charge in [-0.2, -0.15) is 0 Å². The highest BCUT2D eigenvalue weighted by Gasteiger charge is 2.28. The second-order valence-corrected chi connectivity index (χ2v) is 4.38. The highest BCUT2D eigenvalue weighted by atomic mass is 16.6. The molecular formula is C15H19NO3. The van der Waals surface area contributed by atoms with Crippen LogP contribution in [0.15, 0.2) is 30.3 Å². The Labute approximate surface area is 113 Å². The van der Waals surface area contributed by atoms with E-state index in [9.17, 15) is 4.79 Å². The number of anilines is 1. The van der Waals surface area contributed by atoms with Crippen LogP contribution < -0.4 is 4.90 Å². The van der Waals surface area contributed by atoms with Crippen molar-refractivity contribution in [2.45, 2.75) is 26.0 Å². The third-order valence-corrected chi connectivity index (χ3v) is 3.05. The molecule has 1 aliphatic rings. The summed E-state index contributed by atoms with van der Waals surface area (Å²) in [4.78, 5) is 13.7. The van der Waals surface area contributed by atoms with Gasteiger partial charge in [0.1, 0.15) is 0 Å². The monoisotopic (exact) mass is 261 g/mol. The van der Waals surface area contributed by atoms with Gasteiger partial charge in [-0.05, 0) is 24.1 Å². The Morgan fingerprint density at radius 1 is 1.37 bits per heavy atom. The molecule has 19 heavy (non-hydrogen) atoms. The maximum Gasteiger partial charge on any atom is 0.416 e. The molecule has 1 atom stereocenters. The zero-order chi connectivity index (χ0) is 13.7. The molecule has 4 nitrogen and oxygen atoms in total. The van der Waals surface area contributed by atoms with Crippen LogP contribution in [0.25, 0.3) is 6.08 Å². The zero-order valence-corrected chi connectivity index (χ0v) is 11.3. The van der Waals surface area contributed by atoms with Crippen molar-refractivity contribution in [2.75, 3.05) is 18.6 Å². The number of nitrogens with zero attached hydrogens (tertiary/aromatic N) is 1. The minimum absolute atomic E-state index is 0.364. The summed E-state index contributed by atoms with van der Waals surface area (Å²) in [6.45, 7) is 2.50. The summed E-state index contributed by atoms with van der Waals surface area (Å²) < 4.78 is 10.6. The number of rotatable bonds is 4. The summed E-state index contributed by atoms with van der Waals surface area (Å²) in [6.07, 6.45) is 4.90. The third-order valence-electron chi connectivity index (χ3n) is 3.05. The summed E-state index contributed by atoms with van der Waals surface area (Å²) in [5, 5.41) is 0. The van der Waals surface area contributed by atoms with Crippen molar-refractivity contribution in [2.24, 2.45) is 0 Å². The Morgan fingerprint density at radius 2 is 2.16 bits per heavy atom. The molecule has 102 valence electrons. The number of carbonyl (C=O) groups is 1. The average Bonchev–Trinajstić information content (AvgIpc) is 2.46. The first-order valence-corrected chi connectivity index (χ1v) is 6.54. The second-order valence-electron chi connectivity index (χ2n) is 4.38. The number of para-hydroxylation sites is 1. The molecule has 1 heterocycles. The van der Waals surface area contributed by atoms with Crippen LogP contribution in [0.1, 0.15) is 25.3 Å². The molecule has 0 aromatic heterocycles. The Hall–Kier alpha value is -1.81. The van der Waals surface area contributed by atoms with Gasteiger partial charge < -0.3 is 9.47 Å². The van der Waals surface area contributed by atoms with Crippen molar-refractivity contribution < 1.29 is 14.3 Å². The van der Waals surface area contributed by atoms with E-state index in [2.05, 4.69) is 6.92 Å². The smallest absolute Gasteiger partial charge is 0.416 e. The molecule has 0 spiro atoms. The van der Waals surface area contributed by atoms with Crippen LogP contribution in [0.5, 0.6) is 0 Å². The second kappa shape index (κ2) is 6.38.